The third-order valence-electron chi connectivity index (χ3n) is 2.10. The quantitative estimate of drug-likeness (QED) is 0.546. The van der Waals surface area contributed by atoms with Crippen molar-refractivity contribution in [2.45, 2.75) is 44.5 Å². The lowest BCUT2D eigenvalue weighted by Gasteiger charge is -2.33. The lowest BCUT2D eigenvalue weighted by Crippen LogP contribution is -2.39. The topological polar surface area (TPSA) is 43.4 Å². The molecule has 0 aromatic carbocycles. The monoisotopic (exact) mass is 238 g/mol. The van der Waals surface area contributed by atoms with Gasteiger partial charge in [0.25, 0.3) is 0 Å². The maximum atomic E-state index is 11.4. The maximum Gasteiger partial charge on any atom is 0.309 e. The first-order chi connectivity index (χ1) is 6.29. The molecule has 1 aliphatic carbocycles. The molecular weight excluding hydrogens is 224 g/mol. The summed E-state index contributed by atoms with van der Waals surface area (Å²) in [5, 5.41) is -0.0332. The second-order valence-corrected chi connectivity index (χ2v) is 6.65. The second kappa shape index (κ2) is 4.19. The molecule has 0 radical (unpaired) electrons. The molecule has 0 aromatic heterocycles. The standard InChI is InChI=1S/C9H15ClO3S/c1-9(2,3)13-8(11)6-4-7(5-6)14(10)12/h6-7H,4-5H2,1-3H3. The number of hydrogen-bond donors (Lipinski definition) is 0. The number of halogens is 1. The van der Waals surface area contributed by atoms with Gasteiger partial charge in [-0.2, -0.15) is 0 Å². The Morgan fingerprint density at radius 2 is 1.93 bits per heavy atom. The predicted octanol–water partition coefficient (Wildman–Crippen LogP) is 2.01. The van der Waals surface area contributed by atoms with E-state index in [1.54, 1.807) is 0 Å². The molecule has 1 aliphatic rings. The molecule has 1 unspecified atom stereocenters. The van der Waals surface area contributed by atoms with Crippen LogP contribution in [-0.4, -0.2) is 21.0 Å². The molecule has 82 valence electrons. The molecule has 0 N–H and O–H groups in total. The van der Waals surface area contributed by atoms with Gasteiger partial charge in [-0.15, -0.1) is 0 Å². The summed E-state index contributed by atoms with van der Waals surface area (Å²) in [5.74, 6) is -0.308. The van der Waals surface area contributed by atoms with Gasteiger partial charge in [0.1, 0.15) is 15.6 Å². The van der Waals surface area contributed by atoms with Crippen LogP contribution in [0.3, 0.4) is 0 Å². The van der Waals surface area contributed by atoms with E-state index in [2.05, 4.69) is 0 Å². The zero-order chi connectivity index (χ0) is 10.9. The number of ether oxygens (including phenoxy) is 1. The smallest absolute Gasteiger partial charge is 0.309 e. The Balaban J connectivity index is 2.34. The molecule has 0 aliphatic heterocycles. The molecule has 5 heteroatoms. The number of hydrogen-bond acceptors (Lipinski definition) is 3. The fourth-order valence-corrected chi connectivity index (χ4v) is 2.50. The van der Waals surface area contributed by atoms with E-state index < -0.39 is 15.6 Å². The molecule has 0 bridgehead atoms. The van der Waals surface area contributed by atoms with Gasteiger partial charge in [0, 0.05) is 0 Å². The van der Waals surface area contributed by atoms with Crippen molar-refractivity contribution in [1.29, 1.82) is 0 Å². The zero-order valence-corrected chi connectivity index (χ0v) is 10.2. The number of carbonyl (C=O) groups excluding carboxylic acids is 1. The molecular formula is C9H15ClO3S. The highest BCUT2D eigenvalue weighted by Gasteiger charge is 2.39. The minimum absolute atomic E-state index is 0.0332. The van der Waals surface area contributed by atoms with Crippen molar-refractivity contribution in [2.75, 3.05) is 0 Å². The number of rotatable bonds is 2. The van der Waals surface area contributed by atoms with Crippen LogP contribution < -0.4 is 0 Å². The molecule has 0 aromatic rings. The normalized spacial score (nSPS) is 29.1. The Kier molecular flexibility index (Phi) is 3.58. The van der Waals surface area contributed by atoms with Crippen LogP contribution in [0, 0.1) is 5.92 Å². The van der Waals surface area contributed by atoms with Gasteiger partial charge in [0.05, 0.1) is 11.2 Å². The van der Waals surface area contributed by atoms with Crippen molar-refractivity contribution in [3.05, 3.63) is 0 Å². The lowest BCUT2D eigenvalue weighted by molar-refractivity contribution is -0.162. The van der Waals surface area contributed by atoms with Crippen molar-refractivity contribution in [1.82, 2.24) is 0 Å². The Hall–Kier alpha value is -0.0900. The van der Waals surface area contributed by atoms with E-state index in [4.69, 9.17) is 15.4 Å². The van der Waals surface area contributed by atoms with Gasteiger partial charge in [0.15, 0.2) is 0 Å². The van der Waals surface area contributed by atoms with Crippen LogP contribution in [0.25, 0.3) is 0 Å². The fourth-order valence-electron chi connectivity index (χ4n) is 1.29. The highest BCUT2D eigenvalue weighted by Crippen LogP contribution is 2.34. The Labute approximate surface area is 91.1 Å². The molecule has 0 spiro atoms. The molecule has 0 heterocycles. The van der Waals surface area contributed by atoms with Crippen LogP contribution in [0.1, 0.15) is 33.6 Å². The summed E-state index contributed by atoms with van der Waals surface area (Å²) in [6, 6.07) is 0. The van der Waals surface area contributed by atoms with Crippen LogP contribution >= 0.6 is 10.7 Å². The van der Waals surface area contributed by atoms with Gasteiger partial charge in [-0.3, -0.25) is 4.79 Å². The van der Waals surface area contributed by atoms with Gasteiger partial charge in [-0.25, -0.2) is 4.21 Å². The van der Waals surface area contributed by atoms with E-state index in [1.165, 1.54) is 0 Å². The maximum absolute atomic E-state index is 11.4. The summed E-state index contributed by atoms with van der Waals surface area (Å²) in [7, 11) is 4.08. The van der Waals surface area contributed by atoms with E-state index >= 15 is 0 Å². The van der Waals surface area contributed by atoms with E-state index in [0.29, 0.717) is 12.8 Å². The zero-order valence-electron chi connectivity index (χ0n) is 8.58. The Morgan fingerprint density at radius 1 is 1.43 bits per heavy atom. The first-order valence-electron chi connectivity index (χ1n) is 4.59. The van der Waals surface area contributed by atoms with Gasteiger partial charge >= 0.3 is 5.97 Å². The van der Waals surface area contributed by atoms with Crippen molar-refractivity contribution in [3.63, 3.8) is 0 Å². The molecule has 14 heavy (non-hydrogen) atoms. The molecule has 1 fully saturated rings. The average Bonchev–Trinajstić information content (AvgIpc) is 1.75. The van der Waals surface area contributed by atoms with Crippen LogP contribution in [0.5, 0.6) is 0 Å². The van der Waals surface area contributed by atoms with Gasteiger partial charge in [0.2, 0.25) is 0 Å². The molecule has 1 saturated carbocycles. The minimum atomic E-state index is -1.32. The lowest BCUT2D eigenvalue weighted by atomic mass is 9.85. The second-order valence-electron chi connectivity index (χ2n) is 4.57. The highest BCUT2D eigenvalue weighted by atomic mass is 35.7. The summed E-state index contributed by atoms with van der Waals surface area (Å²) in [6.07, 6.45) is 1.18. The average molecular weight is 239 g/mol. The molecule has 3 nitrogen and oxygen atoms in total. The van der Waals surface area contributed by atoms with Gasteiger partial charge < -0.3 is 4.74 Å². The largest absolute Gasteiger partial charge is 0.460 e. The summed E-state index contributed by atoms with van der Waals surface area (Å²) >= 11 is 0. The highest BCUT2D eigenvalue weighted by molar-refractivity contribution is 8.08. The summed E-state index contributed by atoms with van der Waals surface area (Å²) in [5.41, 5.74) is -0.442. The SMILES string of the molecule is CC(C)(C)OC(=O)C1CC(S(=O)Cl)C1. The van der Waals surface area contributed by atoms with Crippen LogP contribution in [0.4, 0.5) is 0 Å². The predicted molar refractivity (Wildman–Crippen MR) is 56.4 cm³/mol. The molecule has 1 atom stereocenters. The van der Waals surface area contributed by atoms with E-state index in [-0.39, 0.29) is 17.1 Å². The van der Waals surface area contributed by atoms with Gasteiger partial charge in [-0.05, 0) is 44.3 Å². The number of esters is 1. The van der Waals surface area contributed by atoms with Crippen molar-refractivity contribution in [3.8, 4) is 0 Å². The summed E-state index contributed by atoms with van der Waals surface area (Å²) in [6.45, 7) is 5.50. The van der Waals surface area contributed by atoms with Gasteiger partial charge in [-0.1, -0.05) is 0 Å². The van der Waals surface area contributed by atoms with Crippen LogP contribution in [0.15, 0.2) is 0 Å². The number of carbonyl (C=O) groups is 1. The first-order valence-corrected chi connectivity index (χ1v) is 6.63. The Bertz CT molecular complexity index is 253. The summed E-state index contributed by atoms with van der Waals surface area (Å²) < 4.78 is 16.0. The first kappa shape index (κ1) is 12.0. The van der Waals surface area contributed by atoms with Crippen LogP contribution in [-0.2, 0) is 19.5 Å². The molecule has 0 saturated heterocycles. The van der Waals surface area contributed by atoms with Crippen LogP contribution in [0.2, 0.25) is 0 Å². The third kappa shape index (κ3) is 3.24. The molecule has 0 amide bonds. The minimum Gasteiger partial charge on any atom is -0.460 e. The Morgan fingerprint density at radius 3 is 2.29 bits per heavy atom. The molecule has 1 rings (SSSR count). The van der Waals surface area contributed by atoms with E-state index in [1.807, 2.05) is 20.8 Å². The van der Waals surface area contributed by atoms with Crippen molar-refractivity contribution < 1.29 is 13.7 Å². The van der Waals surface area contributed by atoms with E-state index in [9.17, 15) is 9.00 Å². The third-order valence-corrected chi connectivity index (χ3v) is 3.76. The van der Waals surface area contributed by atoms with E-state index in [0.717, 1.165) is 0 Å². The fraction of sp³-hybridized carbons (Fsp3) is 0.889. The van der Waals surface area contributed by atoms with Crippen molar-refractivity contribution in [2.24, 2.45) is 5.92 Å². The van der Waals surface area contributed by atoms with Crippen molar-refractivity contribution >= 4 is 26.7 Å². The summed E-state index contributed by atoms with van der Waals surface area (Å²) in [4.78, 5) is 11.4.